The van der Waals surface area contributed by atoms with E-state index in [4.69, 9.17) is 4.74 Å². The van der Waals surface area contributed by atoms with Crippen LogP contribution >= 0.6 is 0 Å². The number of benzene rings is 1. The van der Waals surface area contributed by atoms with Crippen molar-refractivity contribution in [2.45, 2.75) is 32.2 Å². The number of carbonyl (C=O) groups excluding carboxylic acids is 1. The van der Waals surface area contributed by atoms with Gasteiger partial charge < -0.3 is 4.74 Å². The number of halogens is 1. The van der Waals surface area contributed by atoms with E-state index < -0.39 is 0 Å². The molecule has 3 rings (SSSR count). The molecule has 0 radical (unpaired) electrons. The zero-order valence-corrected chi connectivity index (χ0v) is 12.1. The maximum absolute atomic E-state index is 13.4. The molecular formula is C16H17FN2O2. The molecule has 0 aliphatic heterocycles. The number of nitrogens with zero attached hydrogens (tertiary/aromatic N) is 2. The lowest BCUT2D eigenvalue weighted by atomic mass is 10.1. The van der Waals surface area contributed by atoms with Crippen molar-refractivity contribution in [2.75, 3.05) is 7.11 Å². The second kappa shape index (κ2) is 5.31. The number of methoxy groups -OCH3 is 1. The number of hydrogen-bond donors (Lipinski definition) is 0. The van der Waals surface area contributed by atoms with Gasteiger partial charge >= 0.3 is 5.97 Å². The molecule has 0 unspecified atom stereocenters. The number of ether oxygens (including phenoxy) is 1. The van der Waals surface area contributed by atoms with Gasteiger partial charge in [-0.15, -0.1) is 0 Å². The van der Waals surface area contributed by atoms with E-state index in [-0.39, 0.29) is 18.3 Å². The molecule has 110 valence electrons. The standard InChI is InChI=1S/C16H17FN2O2/c1-10-7-12(5-6-13(10)17)14-8-15(11-3-4-11)19(18-14)9-16(20)21-2/h5-8,11H,3-4,9H2,1-2H3. The highest BCUT2D eigenvalue weighted by atomic mass is 19.1. The minimum absolute atomic E-state index is 0.114. The predicted molar refractivity (Wildman–Crippen MR) is 76.3 cm³/mol. The Bertz CT molecular complexity index is 690. The van der Waals surface area contributed by atoms with Crippen LogP contribution in [0.25, 0.3) is 11.3 Å². The van der Waals surface area contributed by atoms with Crippen molar-refractivity contribution in [3.05, 3.63) is 41.3 Å². The fourth-order valence-corrected chi connectivity index (χ4v) is 2.40. The molecule has 1 heterocycles. The maximum Gasteiger partial charge on any atom is 0.327 e. The zero-order chi connectivity index (χ0) is 15.0. The highest BCUT2D eigenvalue weighted by molar-refractivity contribution is 5.69. The number of hydrogen-bond acceptors (Lipinski definition) is 3. The molecule has 21 heavy (non-hydrogen) atoms. The summed E-state index contributed by atoms with van der Waals surface area (Å²) >= 11 is 0. The third-order valence-corrected chi connectivity index (χ3v) is 3.77. The van der Waals surface area contributed by atoms with Gasteiger partial charge in [0.05, 0.1) is 12.8 Å². The molecule has 1 aliphatic carbocycles. The van der Waals surface area contributed by atoms with Crippen LogP contribution in [0.3, 0.4) is 0 Å². The first-order chi connectivity index (χ1) is 10.1. The molecule has 4 nitrogen and oxygen atoms in total. The molecule has 0 saturated heterocycles. The zero-order valence-electron chi connectivity index (χ0n) is 12.1. The topological polar surface area (TPSA) is 44.1 Å². The first kappa shape index (κ1) is 13.8. The Balaban J connectivity index is 1.97. The minimum atomic E-state index is -0.318. The summed E-state index contributed by atoms with van der Waals surface area (Å²) in [7, 11) is 1.37. The molecule has 0 atom stereocenters. The summed E-state index contributed by atoms with van der Waals surface area (Å²) in [5.41, 5.74) is 3.27. The molecule has 5 heteroatoms. The van der Waals surface area contributed by atoms with E-state index in [0.717, 1.165) is 29.8 Å². The summed E-state index contributed by atoms with van der Waals surface area (Å²) in [5.74, 6) is -0.0746. The van der Waals surface area contributed by atoms with Crippen LogP contribution in [0.15, 0.2) is 24.3 Å². The van der Waals surface area contributed by atoms with Gasteiger partial charge in [0, 0.05) is 17.2 Å². The lowest BCUT2D eigenvalue weighted by molar-refractivity contribution is -0.141. The lowest BCUT2D eigenvalue weighted by Crippen LogP contribution is -2.14. The van der Waals surface area contributed by atoms with Gasteiger partial charge in [0.1, 0.15) is 12.4 Å². The SMILES string of the molecule is COC(=O)Cn1nc(-c2ccc(F)c(C)c2)cc1C1CC1. The summed E-state index contributed by atoms with van der Waals surface area (Å²) < 4.78 is 19.8. The fourth-order valence-electron chi connectivity index (χ4n) is 2.40. The van der Waals surface area contributed by atoms with Gasteiger partial charge in [-0.3, -0.25) is 9.48 Å². The Hall–Kier alpha value is -2.17. The third-order valence-electron chi connectivity index (χ3n) is 3.77. The summed E-state index contributed by atoms with van der Waals surface area (Å²) in [4.78, 5) is 11.5. The first-order valence-electron chi connectivity index (χ1n) is 6.99. The normalized spacial score (nSPS) is 14.2. The van der Waals surface area contributed by atoms with Gasteiger partial charge in [-0.2, -0.15) is 5.10 Å². The molecule has 0 spiro atoms. The Morgan fingerprint density at radius 2 is 2.19 bits per heavy atom. The van der Waals surface area contributed by atoms with Crippen LogP contribution in [0.2, 0.25) is 0 Å². The lowest BCUT2D eigenvalue weighted by Gasteiger charge is -2.04. The number of esters is 1. The van der Waals surface area contributed by atoms with Crippen molar-refractivity contribution in [3.8, 4) is 11.3 Å². The molecule has 0 bridgehead atoms. The first-order valence-corrected chi connectivity index (χ1v) is 6.99. The van der Waals surface area contributed by atoms with E-state index in [9.17, 15) is 9.18 Å². The minimum Gasteiger partial charge on any atom is -0.468 e. The van der Waals surface area contributed by atoms with E-state index in [1.165, 1.54) is 13.2 Å². The molecular weight excluding hydrogens is 271 g/mol. The number of carbonyl (C=O) groups is 1. The van der Waals surface area contributed by atoms with Crippen molar-refractivity contribution in [3.63, 3.8) is 0 Å². The van der Waals surface area contributed by atoms with E-state index >= 15 is 0 Å². The number of rotatable bonds is 4. The molecule has 2 aromatic rings. The Morgan fingerprint density at radius 3 is 2.81 bits per heavy atom. The fraction of sp³-hybridized carbons (Fsp3) is 0.375. The van der Waals surface area contributed by atoms with Crippen molar-refractivity contribution < 1.29 is 13.9 Å². The second-order valence-electron chi connectivity index (χ2n) is 5.43. The van der Waals surface area contributed by atoms with Gasteiger partial charge in [0.15, 0.2) is 0 Å². The second-order valence-corrected chi connectivity index (χ2v) is 5.43. The summed E-state index contributed by atoms with van der Waals surface area (Å²) in [6, 6.07) is 6.93. The average molecular weight is 288 g/mol. The largest absolute Gasteiger partial charge is 0.468 e. The van der Waals surface area contributed by atoms with E-state index in [2.05, 4.69) is 5.10 Å². The van der Waals surface area contributed by atoms with E-state index in [1.54, 1.807) is 23.7 Å². The van der Waals surface area contributed by atoms with Crippen LogP contribution in [-0.4, -0.2) is 22.9 Å². The summed E-state index contributed by atoms with van der Waals surface area (Å²) in [5, 5.41) is 4.49. The quantitative estimate of drug-likeness (QED) is 0.812. The Morgan fingerprint density at radius 1 is 1.43 bits per heavy atom. The number of aromatic nitrogens is 2. The average Bonchev–Trinajstić information content (AvgIpc) is 3.23. The van der Waals surface area contributed by atoms with Crippen LogP contribution in [0.1, 0.15) is 30.0 Å². The van der Waals surface area contributed by atoms with Gasteiger partial charge in [-0.1, -0.05) is 0 Å². The van der Waals surface area contributed by atoms with Crippen LogP contribution in [0, 0.1) is 12.7 Å². The molecule has 0 N–H and O–H groups in total. The van der Waals surface area contributed by atoms with Gasteiger partial charge in [0.25, 0.3) is 0 Å². The molecule has 1 fully saturated rings. The summed E-state index contributed by atoms with van der Waals surface area (Å²) in [6.07, 6.45) is 2.24. The Labute approximate surface area is 122 Å². The highest BCUT2D eigenvalue weighted by Gasteiger charge is 2.29. The van der Waals surface area contributed by atoms with Crippen LogP contribution < -0.4 is 0 Å². The van der Waals surface area contributed by atoms with Crippen molar-refractivity contribution in [1.29, 1.82) is 0 Å². The molecule has 1 aromatic carbocycles. The van der Waals surface area contributed by atoms with Crippen molar-refractivity contribution in [1.82, 2.24) is 9.78 Å². The number of aryl methyl sites for hydroxylation is 1. The van der Waals surface area contributed by atoms with Crippen molar-refractivity contribution in [2.24, 2.45) is 0 Å². The predicted octanol–water partition coefficient (Wildman–Crippen LogP) is 3.05. The third kappa shape index (κ3) is 2.82. The smallest absolute Gasteiger partial charge is 0.327 e. The van der Waals surface area contributed by atoms with E-state index in [0.29, 0.717) is 11.5 Å². The molecule has 1 aliphatic rings. The Kier molecular flexibility index (Phi) is 3.49. The van der Waals surface area contributed by atoms with E-state index in [1.807, 2.05) is 6.07 Å². The molecule has 0 amide bonds. The van der Waals surface area contributed by atoms with Crippen LogP contribution in [-0.2, 0) is 16.1 Å². The van der Waals surface area contributed by atoms with Crippen molar-refractivity contribution >= 4 is 5.97 Å². The maximum atomic E-state index is 13.4. The highest BCUT2D eigenvalue weighted by Crippen LogP contribution is 2.41. The van der Waals surface area contributed by atoms with Gasteiger partial charge in [0.2, 0.25) is 0 Å². The molecule has 1 aromatic heterocycles. The van der Waals surface area contributed by atoms with Crippen LogP contribution in [0.5, 0.6) is 0 Å². The van der Waals surface area contributed by atoms with Gasteiger partial charge in [-0.25, -0.2) is 4.39 Å². The monoisotopic (exact) mass is 288 g/mol. The summed E-state index contributed by atoms with van der Waals surface area (Å²) in [6.45, 7) is 1.84. The molecule has 1 saturated carbocycles. The van der Waals surface area contributed by atoms with Gasteiger partial charge in [-0.05, 0) is 49.6 Å². The van der Waals surface area contributed by atoms with Crippen LogP contribution in [0.4, 0.5) is 4.39 Å².